The number of anilines is 1. The minimum absolute atomic E-state index is 0.0348. The largest absolute Gasteiger partial charge is 0.385 e. The molecule has 35 heavy (non-hydrogen) atoms. The molecule has 0 spiro atoms. The van der Waals surface area contributed by atoms with Crippen LogP contribution in [0.3, 0.4) is 0 Å². The number of benzene rings is 1. The molecule has 9 heteroatoms. The van der Waals surface area contributed by atoms with Crippen LogP contribution in [0.4, 0.5) is 5.69 Å². The summed E-state index contributed by atoms with van der Waals surface area (Å²) in [6.45, 7) is 20.8. The number of nitrogens with zero attached hydrogens (tertiary/aromatic N) is 3. The summed E-state index contributed by atoms with van der Waals surface area (Å²) in [5.74, 6) is 0.841. The van der Waals surface area contributed by atoms with Gasteiger partial charge in [-0.2, -0.15) is 0 Å². The van der Waals surface area contributed by atoms with E-state index in [2.05, 4.69) is 32.7 Å². The fraction of sp³-hybridized carbons (Fsp3) is 0.346. The Balaban J connectivity index is 2.25. The molecular weight excluding hydrogens is 457 g/mol. The average Bonchev–Trinajstić information content (AvgIpc) is 2.83. The molecule has 1 saturated heterocycles. The molecule has 1 aliphatic heterocycles. The van der Waals surface area contributed by atoms with Gasteiger partial charge in [-0.3, -0.25) is 9.71 Å². The maximum Gasteiger partial charge on any atom is 0.264 e. The molecule has 0 atom stereocenters. The summed E-state index contributed by atoms with van der Waals surface area (Å²) >= 11 is 0. The first kappa shape index (κ1) is 28.0. The molecule has 1 aromatic carbocycles. The van der Waals surface area contributed by atoms with Crippen LogP contribution < -0.4 is 15.9 Å². The average molecular weight is 496 g/mol. The first-order chi connectivity index (χ1) is 16.5. The number of sulfonamides is 1. The van der Waals surface area contributed by atoms with Crippen LogP contribution in [0, 0.1) is 0 Å². The van der Waals surface area contributed by atoms with Crippen LogP contribution in [-0.4, -0.2) is 58.5 Å². The Bertz CT molecular complexity index is 1200. The van der Waals surface area contributed by atoms with Gasteiger partial charge in [0.25, 0.3) is 10.0 Å². The van der Waals surface area contributed by atoms with Gasteiger partial charge in [0.2, 0.25) is 0 Å². The Hall–Kier alpha value is -3.20. The number of aliphatic imine (C=N–C) groups is 1. The third-order valence-electron chi connectivity index (χ3n) is 6.09. The zero-order valence-electron chi connectivity index (χ0n) is 21.9. The van der Waals surface area contributed by atoms with Crippen molar-refractivity contribution in [2.75, 3.05) is 30.9 Å². The van der Waals surface area contributed by atoms with Gasteiger partial charge in [-0.1, -0.05) is 36.8 Å². The standard InChI is InChI=1S/C26H38BN5O2S/c1-8-19(6)25(29-10-3)24(9-2)35(33,34)30-23-12-11-21(17-22(23)27)20(7)31-13-15-32(16-14-31)26(28)18(4)5/h8-12,17,30H,2,7,13-16,27-28H2,1,3-6H3/b19-8-,25-24-,29-10-. The lowest BCUT2D eigenvalue weighted by atomic mass is 9.91. The summed E-state index contributed by atoms with van der Waals surface area (Å²) < 4.78 is 29.2. The third-order valence-corrected chi connectivity index (χ3v) is 7.52. The minimum atomic E-state index is -3.90. The summed E-state index contributed by atoms with van der Waals surface area (Å²) in [7, 11) is -2.02. The topological polar surface area (TPSA) is 91.0 Å². The molecule has 0 aliphatic carbocycles. The van der Waals surface area contributed by atoms with E-state index in [1.807, 2.05) is 53.7 Å². The summed E-state index contributed by atoms with van der Waals surface area (Å²) in [6, 6.07) is 5.62. The second kappa shape index (κ2) is 12.0. The SMILES string of the molecule is Bc1cc(C(=C)N2CCN(C(N)=C(C)C)CC2)ccc1NS(=O)(=O)/C(C=C)=C(\N=C/C)C(/C)=C\C. The van der Waals surface area contributed by atoms with Gasteiger partial charge in [-0.15, -0.1) is 0 Å². The number of allylic oxidation sites excluding steroid dienone is 4. The number of nitrogens with one attached hydrogen (secondary N) is 1. The van der Waals surface area contributed by atoms with Crippen molar-refractivity contribution in [3.8, 4) is 0 Å². The monoisotopic (exact) mass is 495 g/mol. The smallest absolute Gasteiger partial charge is 0.264 e. The molecule has 188 valence electrons. The molecule has 2 rings (SSSR count). The molecule has 0 bridgehead atoms. The molecule has 0 saturated carbocycles. The Morgan fingerprint density at radius 2 is 1.74 bits per heavy atom. The van der Waals surface area contributed by atoms with Gasteiger partial charge in [0, 0.05) is 43.8 Å². The number of hydrogen-bond acceptors (Lipinski definition) is 6. The van der Waals surface area contributed by atoms with Crippen molar-refractivity contribution in [1.29, 1.82) is 0 Å². The van der Waals surface area contributed by atoms with Gasteiger partial charge in [-0.05, 0) is 63.5 Å². The van der Waals surface area contributed by atoms with E-state index in [0.29, 0.717) is 11.4 Å². The lowest BCUT2D eigenvalue weighted by Gasteiger charge is -2.38. The summed E-state index contributed by atoms with van der Waals surface area (Å²) in [4.78, 5) is 8.74. The van der Waals surface area contributed by atoms with Gasteiger partial charge in [0.15, 0.2) is 0 Å². The van der Waals surface area contributed by atoms with E-state index < -0.39 is 10.0 Å². The fourth-order valence-electron chi connectivity index (χ4n) is 3.83. The first-order valence-corrected chi connectivity index (χ1v) is 13.2. The highest BCUT2D eigenvalue weighted by atomic mass is 32.2. The predicted molar refractivity (Wildman–Crippen MR) is 153 cm³/mol. The molecule has 0 radical (unpaired) electrons. The highest BCUT2D eigenvalue weighted by molar-refractivity contribution is 7.96. The third kappa shape index (κ3) is 6.69. The van der Waals surface area contributed by atoms with Crippen LogP contribution in [0.25, 0.3) is 5.70 Å². The highest BCUT2D eigenvalue weighted by Crippen LogP contribution is 2.25. The molecule has 0 unspecified atom stereocenters. The minimum Gasteiger partial charge on any atom is -0.385 e. The normalized spacial score (nSPS) is 15.6. The lowest BCUT2D eigenvalue weighted by Crippen LogP contribution is -2.46. The van der Waals surface area contributed by atoms with Gasteiger partial charge >= 0.3 is 0 Å². The summed E-state index contributed by atoms with van der Waals surface area (Å²) in [5, 5.41) is 0. The van der Waals surface area contributed by atoms with Crippen molar-refractivity contribution in [2.45, 2.75) is 34.6 Å². The van der Waals surface area contributed by atoms with Crippen LogP contribution in [0.2, 0.25) is 0 Å². The predicted octanol–water partition coefficient (Wildman–Crippen LogP) is 2.94. The Morgan fingerprint density at radius 3 is 2.23 bits per heavy atom. The van der Waals surface area contributed by atoms with Crippen LogP contribution >= 0.6 is 0 Å². The zero-order valence-corrected chi connectivity index (χ0v) is 22.7. The lowest BCUT2D eigenvalue weighted by molar-refractivity contribution is 0.210. The van der Waals surface area contributed by atoms with E-state index in [-0.39, 0.29) is 4.91 Å². The molecule has 0 aromatic heterocycles. The van der Waals surface area contributed by atoms with E-state index >= 15 is 0 Å². The second-order valence-corrected chi connectivity index (χ2v) is 10.4. The molecule has 1 aromatic rings. The zero-order chi connectivity index (χ0) is 26.3. The van der Waals surface area contributed by atoms with Gasteiger partial charge < -0.3 is 15.5 Å². The molecule has 1 fully saturated rings. The van der Waals surface area contributed by atoms with Crippen LogP contribution in [0.5, 0.6) is 0 Å². The number of rotatable bonds is 9. The van der Waals surface area contributed by atoms with Crippen molar-refractivity contribution in [3.63, 3.8) is 0 Å². The molecule has 0 amide bonds. The Labute approximate surface area is 211 Å². The van der Waals surface area contributed by atoms with Gasteiger partial charge in [0.1, 0.15) is 12.8 Å². The molecule has 7 nitrogen and oxygen atoms in total. The van der Waals surface area contributed by atoms with Crippen molar-refractivity contribution in [3.05, 3.63) is 76.6 Å². The van der Waals surface area contributed by atoms with Crippen LogP contribution in [0.15, 0.2) is 76.1 Å². The maximum atomic E-state index is 13.2. The molecular formula is C26H38BN5O2S. The van der Waals surface area contributed by atoms with Crippen molar-refractivity contribution in [2.24, 2.45) is 10.7 Å². The molecule has 3 N–H and O–H groups in total. The molecule has 1 aliphatic rings. The van der Waals surface area contributed by atoms with E-state index in [1.165, 1.54) is 6.08 Å². The van der Waals surface area contributed by atoms with Crippen molar-refractivity contribution in [1.82, 2.24) is 9.80 Å². The van der Waals surface area contributed by atoms with E-state index in [1.54, 1.807) is 19.2 Å². The van der Waals surface area contributed by atoms with Crippen molar-refractivity contribution >= 4 is 40.9 Å². The number of hydrogen-bond donors (Lipinski definition) is 2. The quantitative estimate of drug-likeness (QED) is 0.312. The van der Waals surface area contributed by atoms with E-state index in [9.17, 15) is 8.42 Å². The van der Waals surface area contributed by atoms with E-state index in [4.69, 9.17) is 5.73 Å². The number of nitrogens with two attached hydrogens (primary N) is 1. The van der Waals surface area contributed by atoms with Gasteiger partial charge in [-0.25, -0.2) is 8.42 Å². The number of piperazine rings is 1. The summed E-state index contributed by atoms with van der Waals surface area (Å²) in [6.07, 6.45) is 4.71. The van der Waals surface area contributed by atoms with Crippen LogP contribution in [-0.2, 0) is 10.0 Å². The fourth-order valence-corrected chi connectivity index (χ4v) is 5.15. The maximum absolute atomic E-state index is 13.2. The summed E-state index contributed by atoms with van der Waals surface area (Å²) in [5.41, 5.74) is 11.6. The van der Waals surface area contributed by atoms with Crippen molar-refractivity contribution < 1.29 is 8.42 Å². The highest BCUT2D eigenvalue weighted by Gasteiger charge is 2.23. The van der Waals surface area contributed by atoms with Crippen LogP contribution in [0.1, 0.15) is 40.2 Å². The van der Waals surface area contributed by atoms with Gasteiger partial charge in [0.05, 0.1) is 11.5 Å². The Morgan fingerprint density at radius 1 is 1.14 bits per heavy atom. The second-order valence-electron chi connectivity index (χ2n) is 8.72. The Kier molecular flexibility index (Phi) is 9.59. The van der Waals surface area contributed by atoms with E-state index in [0.717, 1.165) is 59.9 Å². The first-order valence-electron chi connectivity index (χ1n) is 11.7. The molecule has 1 heterocycles.